The molecule has 94 valence electrons. The first kappa shape index (κ1) is 13.5. The van der Waals surface area contributed by atoms with Gasteiger partial charge in [0.1, 0.15) is 0 Å². The standard InChI is InChI=1S/C12H24N2O2/c1-3-4-5-10(13)12(16)14-7-6-9(2)11(15)8-14/h9-11,15H,3-8,13H2,1-2H3. The lowest BCUT2D eigenvalue weighted by Gasteiger charge is -2.35. The van der Waals surface area contributed by atoms with Crippen LogP contribution < -0.4 is 5.73 Å². The number of nitrogens with two attached hydrogens (primary N) is 1. The molecule has 0 aromatic heterocycles. The van der Waals surface area contributed by atoms with Gasteiger partial charge in [-0.05, 0) is 18.8 Å². The van der Waals surface area contributed by atoms with E-state index in [-0.39, 0.29) is 17.9 Å². The Morgan fingerprint density at radius 1 is 1.62 bits per heavy atom. The molecule has 1 rings (SSSR count). The maximum absolute atomic E-state index is 11.9. The van der Waals surface area contributed by atoms with E-state index in [1.54, 1.807) is 4.90 Å². The summed E-state index contributed by atoms with van der Waals surface area (Å²) < 4.78 is 0. The number of amides is 1. The van der Waals surface area contributed by atoms with Crippen molar-refractivity contribution in [2.75, 3.05) is 13.1 Å². The monoisotopic (exact) mass is 228 g/mol. The Labute approximate surface area is 97.8 Å². The molecule has 1 fully saturated rings. The number of hydrogen-bond acceptors (Lipinski definition) is 3. The molecule has 1 aliphatic rings. The molecule has 3 atom stereocenters. The number of hydrogen-bond donors (Lipinski definition) is 2. The van der Waals surface area contributed by atoms with E-state index < -0.39 is 6.10 Å². The van der Waals surface area contributed by atoms with Crippen LogP contribution in [0.2, 0.25) is 0 Å². The summed E-state index contributed by atoms with van der Waals surface area (Å²) in [6.45, 7) is 5.28. The van der Waals surface area contributed by atoms with Gasteiger partial charge in [0.05, 0.1) is 12.1 Å². The number of aliphatic hydroxyl groups is 1. The Morgan fingerprint density at radius 2 is 2.31 bits per heavy atom. The third-order valence-corrected chi connectivity index (χ3v) is 3.42. The van der Waals surface area contributed by atoms with Crippen molar-refractivity contribution in [2.45, 2.75) is 51.7 Å². The highest BCUT2D eigenvalue weighted by Gasteiger charge is 2.29. The molecule has 0 radical (unpaired) electrons. The molecule has 0 saturated carbocycles. The topological polar surface area (TPSA) is 66.6 Å². The molecule has 1 heterocycles. The van der Waals surface area contributed by atoms with E-state index in [2.05, 4.69) is 6.92 Å². The average molecular weight is 228 g/mol. The molecule has 3 unspecified atom stereocenters. The lowest BCUT2D eigenvalue weighted by Crippen LogP contribution is -2.51. The zero-order valence-electron chi connectivity index (χ0n) is 10.4. The second kappa shape index (κ2) is 6.21. The van der Waals surface area contributed by atoms with Crippen LogP contribution >= 0.6 is 0 Å². The van der Waals surface area contributed by atoms with Crippen molar-refractivity contribution in [1.82, 2.24) is 4.90 Å². The number of nitrogens with zero attached hydrogens (tertiary/aromatic N) is 1. The normalized spacial score (nSPS) is 27.9. The summed E-state index contributed by atoms with van der Waals surface area (Å²) in [5, 5.41) is 9.72. The van der Waals surface area contributed by atoms with Gasteiger partial charge in [0, 0.05) is 13.1 Å². The van der Waals surface area contributed by atoms with Crippen LogP contribution in [0.3, 0.4) is 0 Å². The zero-order chi connectivity index (χ0) is 12.1. The van der Waals surface area contributed by atoms with Crippen LogP contribution in [0, 0.1) is 5.92 Å². The predicted molar refractivity (Wildman–Crippen MR) is 63.9 cm³/mol. The summed E-state index contributed by atoms with van der Waals surface area (Å²) in [6, 6.07) is -0.388. The van der Waals surface area contributed by atoms with Crippen molar-refractivity contribution >= 4 is 5.91 Å². The summed E-state index contributed by atoms with van der Waals surface area (Å²) in [5.41, 5.74) is 5.84. The van der Waals surface area contributed by atoms with E-state index in [0.29, 0.717) is 6.54 Å². The van der Waals surface area contributed by atoms with Crippen LogP contribution in [-0.2, 0) is 4.79 Å². The number of aliphatic hydroxyl groups excluding tert-OH is 1. The summed E-state index contributed by atoms with van der Waals surface area (Å²) in [7, 11) is 0. The van der Waals surface area contributed by atoms with E-state index >= 15 is 0 Å². The highest BCUT2D eigenvalue weighted by atomic mass is 16.3. The highest BCUT2D eigenvalue weighted by Crippen LogP contribution is 2.17. The number of piperidine rings is 1. The molecule has 0 aromatic rings. The maximum atomic E-state index is 11.9. The Balaban J connectivity index is 2.42. The Bertz CT molecular complexity index is 233. The third kappa shape index (κ3) is 3.46. The molecular formula is C12H24N2O2. The summed E-state index contributed by atoms with van der Waals surface area (Å²) in [6.07, 6.45) is 3.27. The van der Waals surface area contributed by atoms with Crippen LogP contribution in [0.5, 0.6) is 0 Å². The number of carbonyl (C=O) groups is 1. The van der Waals surface area contributed by atoms with Gasteiger partial charge in [-0.2, -0.15) is 0 Å². The van der Waals surface area contributed by atoms with Gasteiger partial charge >= 0.3 is 0 Å². The number of β-amino-alcohol motifs (C(OH)–C–C–N with tert-alkyl or cyclic N) is 1. The molecule has 16 heavy (non-hydrogen) atoms. The van der Waals surface area contributed by atoms with Crippen LogP contribution in [0.4, 0.5) is 0 Å². The zero-order valence-corrected chi connectivity index (χ0v) is 10.4. The van der Waals surface area contributed by atoms with Crippen LogP contribution in [-0.4, -0.2) is 41.1 Å². The number of likely N-dealkylation sites (tertiary alicyclic amines) is 1. The van der Waals surface area contributed by atoms with Gasteiger partial charge in [-0.15, -0.1) is 0 Å². The number of rotatable bonds is 4. The van der Waals surface area contributed by atoms with E-state index in [1.165, 1.54) is 0 Å². The Hall–Kier alpha value is -0.610. The first-order valence-corrected chi connectivity index (χ1v) is 6.28. The van der Waals surface area contributed by atoms with E-state index in [0.717, 1.165) is 32.2 Å². The first-order valence-electron chi connectivity index (χ1n) is 6.28. The van der Waals surface area contributed by atoms with Crippen molar-refractivity contribution < 1.29 is 9.90 Å². The molecule has 4 heteroatoms. The van der Waals surface area contributed by atoms with Crippen molar-refractivity contribution in [1.29, 1.82) is 0 Å². The second-order valence-electron chi connectivity index (χ2n) is 4.87. The molecular weight excluding hydrogens is 204 g/mol. The van der Waals surface area contributed by atoms with Gasteiger partial charge in [-0.3, -0.25) is 4.79 Å². The van der Waals surface area contributed by atoms with Gasteiger partial charge in [0.15, 0.2) is 0 Å². The minimum Gasteiger partial charge on any atom is -0.391 e. The first-order chi connectivity index (χ1) is 7.56. The van der Waals surface area contributed by atoms with E-state index in [1.807, 2.05) is 6.92 Å². The molecule has 0 aliphatic carbocycles. The summed E-state index contributed by atoms with van der Waals surface area (Å²) >= 11 is 0. The number of carbonyl (C=O) groups excluding carboxylic acids is 1. The van der Waals surface area contributed by atoms with Crippen molar-refractivity contribution in [3.63, 3.8) is 0 Å². The number of unbranched alkanes of at least 4 members (excludes halogenated alkanes) is 1. The van der Waals surface area contributed by atoms with Gasteiger partial charge < -0.3 is 15.7 Å². The van der Waals surface area contributed by atoms with Crippen LogP contribution in [0.25, 0.3) is 0 Å². The molecule has 0 aromatic carbocycles. The van der Waals surface area contributed by atoms with Gasteiger partial charge in [0.25, 0.3) is 0 Å². The summed E-state index contributed by atoms with van der Waals surface area (Å²) in [4.78, 5) is 13.7. The molecule has 0 bridgehead atoms. The van der Waals surface area contributed by atoms with Crippen molar-refractivity contribution in [2.24, 2.45) is 11.7 Å². The third-order valence-electron chi connectivity index (χ3n) is 3.42. The highest BCUT2D eigenvalue weighted by molar-refractivity contribution is 5.81. The van der Waals surface area contributed by atoms with Gasteiger partial charge in [-0.1, -0.05) is 26.7 Å². The maximum Gasteiger partial charge on any atom is 0.239 e. The SMILES string of the molecule is CCCCC(N)C(=O)N1CCC(C)C(O)C1. The molecule has 0 spiro atoms. The smallest absolute Gasteiger partial charge is 0.239 e. The molecule has 3 N–H and O–H groups in total. The fraction of sp³-hybridized carbons (Fsp3) is 0.917. The molecule has 1 saturated heterocycles. The average Bonchev–Trinajstić information content (AvgIpc) is 2.28. The Morgan fingerprint density at radius 3 is 2.88 bits per heavy atom. The van der Waals surface area contributed by atoms with Crippen molar-refractivity contribution in [3.05, 3.63) is 0 Å². The Kier molecular flexibility index (Phi) is 5.22. The van der Waals surface area contributed by atoms with Gasteiger partial charge in [0.2, 0.25) is 5.91 Å². The van der Waals surface area contributed by atoms with Gasteiger partial charge in [-0.25, -0.2) is 0 Å². The quantitative estimate of drug-likeness (QED) is 0.745. The second-order valence-corrected chi connectivity index (χ2v) is 4.87. The lowest BCUT2D eigenvalue weighted by molar-refractivity contribution is -0.137. The van der Waals surface area contributed by atoms with E-state index in [4.69, 9.17) is 5.73 Å². The fourth-order valence-corrected chi connectivity index (χ4v) is 2.03. The minimum atomic E-state index is -0.393. The van der Waals surface area contributed by atoms with Crippen LogP contribution in [0.15, 0.2) is 0 Å². The molecule has 1 amide bonds. The van der Waals surface area contributed by atoms with E-state index in [9.17, 15) is 9.90 Å². The van der Waals surface area contributed by atoms with Crippen molar-refractivity contribution in [3.8, 4) is 0 Å². The summed E-state index contributed by atoms with van der Waals surface area (Å²) in [5.74, 6) is 0.287. The fourth-order valence-electron chi connectivity index (χ4n) is 2.03. The lowest BCUT2D eigenvalue weighted by atomic mass is 9.95. The van der Waals surface area contributed by atoms with Crippen LogP contribution in [0.1, 0.15) is 39.5 Å². The predicted octanol–water partition coefficient (Wildman–Crippen LogP) is 0.733. The minimum absolute atomic E-state index is 0.000556. The largest absolute Gasteiger partial charge is 0.391 e. The molecule has 4 nitrogen and oxygen atoms in total. The molecule has 1 aliphatic heterocycles.